The number of rotatable bonds is 6. The Balaban J connectivity index is 1.81. The van der Waals surface area contributed by atoms with Crippen molar-refractivity contribution in [2.75, 3.05) is 11.9 Å². The van der Waals surface area contributed by atoms with E-state index in [4.69, 9.17) is 10.5 Å². The third kappa shape index (κ3) is 3.48. The molecule has 0 radical (unpaired) electrons. The lowest BCUT2D eigenvalue weighted by atomic mass is 10.1. The lowest BCUT2D eigenvalue weighted by Crippen LogP contribution is -2.17. The summed E-state index contributed by atoms with van der Waals surface area (Å²) in [6.45, 7) is 3.52. The highest BCUT2D eigenvalue weighted by Gasteiger charge is 2.44. The third-order valence-electron chi connectivity index (χ3n) is 4.44. The zero-order valence-corrected chi connectivity index (χ0v) is 15.4. The molecule has 6 nitrogen and oxygen atoms in total. The second-order valence-corrected chi connectivity index (χ2v) is 7.21. The number of amides is 2. The van der Waals surface area contributed by atoms with Crippen molar-refractivity contribution >= 4 is 34.1 Å². The Labute approximate surface area is 155 Å². The number of primary amides is 1. The van der Waals surface area contributed by atoms with Crippen molar-refractivity contribution in [1.82, 2.24) is 0 Å². The van der Waals surface area contributed by atoms with E-state index in [1.54, 1.807) is 13.8 Å². The van der Waals surface area contributed by atoms with Crippen LogP contribution in [-0.2, 0) is 9.53 Å². The fourth-order valence-corrected chi connectivity index (χ4v) is 4.09. The van der Waals surface area contributed by atoms with Crippen molar-refractivity contribution < 1.29 is 19.1 Å². The SMILES string of the molecule is CCOC(=O)c1c(NC(=O)[C@H]2C[C@H]2c2ccccc2)sc(C(N)=O)c1C. The van der Waals surface area contributed by atoms with Crippen LogP contribution in [0.2, 0.25) is 0 Å². The molecule has 1 heterocycles. The van der Waals surface area contributed by atoms with Gasteiger partial charge in [0.1, 0.15) is 5.00 Å². The Morgan fingerprint density at radius 2 is 1.96 bits per heavy atom. The van der Waals surface area contributed by atoms with E-state index in [0.29, 0.717) is 10.6 Å². The second kappa shape index (κ2) is 7.29. The Morgan fingerprint density at radius 1 is 1.27 bits per heavy atom. The quantitative estimate of drug-likeness (QED) is 0.761. The van der Waals surface area contributed by atoms with Crippen LogP contribution in [0.4, 0.5) is 5.00 Å². The number of anilines is 1. The van der Waals surface area contributed by atoms with Crippen LogP contribution in [-0.4, -0.2) is 24.4 Å². The minimum atomic E-state index is -0.632. The summed E-state index contributed by atoms with van der Waals surface area (Å²) in [5.41, 5.74) is 7.14. The fourth-order valence-electron chi connectivity index (χ4n) is 3.04. The normalized spacial score (nSPS) is 18.2. The number of carbonyl (C=O) groups is 3. The molecule has 26 heavy (non-hydrogen) atoms. The van der Waals surface area contributed by atoms with E-state index in [0.717, 1.165) is 23.3 Å². The molecule has 1 aliphatic rings. The largest absolute Gasteiger partial charge is 0.462 e. The Kier molecular flexibility index (Phi) is 5.08. The van der Waals surface area contributed by atoms with Gasteiger partial charge < -0.3 is 15.8 Å². The number of ether oxygens (including phenoxy) is 1. The predicted molar refractivity (Wildman–Crippen MR) is 99.5 cm³/mol. The monoisotopic (exact) mass is 372 g/mol. The minimum absolute atomic E-state index is 0.146. The molecule has 1 saturated carbocycles. The van der Waals surface area contributed by atoms with Gasteiger partial charge in [-0.1, -0.05) is 30.3 Å². The zero-order chi connectivity index (χ0) is 18.8. The first-order chi connectivity index (χ1) is 12.4. The van der Waals surface area contributed by atoms with Gasteiger partial charge in [0, 0.05) is 5.92 Å². The molecule has 3 N–H and O–H groups in total. The van der Waals surface area contributed by atoms with E-state index < -0.39 is 11.9 Å². The number of hydrogen-bond donors (Lipinski definition) is 2. The molecule has 7 heteroatoms. The van der Waals surface area contributed by atoms with Crippen LogP contribution in [0.1, 0.15) is 50.4 Å². The standard InChI is InChI=1S/C19H20N2O4S/c1-3-25-19(24)14-10(2)15(16(20)22)26-18(14)21-17(23)13-9-12(13)11-7-5-4-6-8-11/h4-8,12-13H,3,9H2,1-2H3,(H2,20,22)(H,21,23)/t12-,13-/m0/s1. The van der Waals surface area contributed by atoms with Crippen molar-refractivity contribution in [1.29, 1.82) is 0 Å². The molecule has 1 fully saturated rings. The van der Waals surface area contributed by atoms with Gasteiger partial charge >= 0.3 is 5.97 Å². The van der Waals surface area contributed by atoms with Gasteiger partial charge in [-0.05, 0) is 37.3 Å². The molecule has 0 spiro atoms. The van der Waals surface area contributed by atoms with Gasteiger partial charge in [-0.25, -0.2) is 4.79 Å². The minimum Gasteiger partial charge on any atom is -0.462 e. The molecule has 3 rings (SSSR count). The molecule has 2 amide bonds. The highest BCUT2D eigenvalue weighted by atomic mass is 32.1. The molecule has 1 aromatic heterocycles. The van der Waals surface area contributed by atoms with Gasteiger partial charge in [-0.2, -0.15) is 0 Å². The molecule has 1 aliphatic carbocycles. The summed E-state index contributed by atoms with van der Waals surface area (Å²) in [4.78, 5) is 36.7. The van der Waals surface area contributed by atoms with E-state index in [1.807, 2.05) is 30.3 Å². The topological polar surface area (TPSA) is 98.5 Å². The van der Waals surface area contributed by atoms with Crippen LogP contribution in [0.15, 0.2) is 30.3 Å². The van der Waals surface area contributed by atoms with E-state index in [9.17, 15) is 14.4 Å². The molecule has 0 saturated heterocycles. The molecule has 2 atom stereocenters. The first-order valence-corrected chi connectivity index (χ1v) is 9.21. The molecule has 0 unspecified atom stereocenters. The number of esters is 1. The maximum absolute atomic E-state index is 12.6. The van der Waals surface area contributed by atoms with Crippen molar-refractivity contribution in [3.05, 3.63) is 51.9 Å². The summed E-state index contributed by atoms with van der Waals surface area (Å²) < 4.78 is 5.05. The number of benzene rings is 1. The van der Waals surface area contributed by atoms with Gasteiger partial charge in [0.05, 0.1) is 17.0 Å². The third-order valence-corrected chi connectivity index (χ3v) is 5.66. The zero-order valence-electron chi connectivity index (χ0n) is 14.6. The molecule has 2 aromatic rings. The number of carbonyl (C=O) groups excluding carboxylic acids is 3. The average Bonchev–Trinajstić information content (AvgIpc) is 3.34. The first kappa shape index (κ1) is 18.1. The van der Waals surface area contributed by atoms with Crippen molar-refractivity contribution in [3.63, 3.8) is 0 Å². The van der Waals surface area contributed by atoms with Crippen LogP contribution < -0.4 is 11.1 Å². The van der Waals surface area contributed by atoms with Crippen LogP contribution in [0.25, 0.3) is 0 Å². The van der Waals surface area contributed by atoms with Gasteiger partial charge in [-0.3, -0.25) is 9.59 Å². The summed E-state index contributed by atoms with van der Waals surface area (Å²) in [7, 11) is 0. The van der Waals surface area contributed by atoms with Gasteiger partial charge in [0.2, 0.25) is 5.91 Å². The van der Waals surface area contributed by atoms with Crippen molar-refractivity contribution in [3.8, 4) is 0 Å². The van der Waals surface area contributed by atoms with Crippen LogP contribution in [0.3, 0.4) is 0 Å². The van der Waals surface area contributed by atoms with E-state index in [1.165, 1.54) is 0 Å². The maximum atomic E-state index is 12.6. The molecular weight excluding hydrogens is 352 g/mol. The Bertz CT molecular complexity index is 860. The maximum Gasteiger partial charge on any atom is 0.341 e. The van der Waals surface area contributed by atoms with E-state index >= 15 is 0 Å². The highest BCUT2D eigenvalue weighted by molar-refractivity contribution is 7.18. The summed E-state index contributed by atoms with van der Waals surface area (Å²) in [6, 6.07) is 9.84. The summed E-state index contributed by atoms with van der Waals surface area (Å²) in [5.74, 6) is -1.33. The van der Waals surface area contributed by atoms with Gasteiger partial charge in [0.15, 0.2) is 0 Å². The van der Waals surface area contributed by atoms with Crippen LogP contribution in [0.5, 0.6) is 0 Å². The molecule has 1 aromatic carbocycles. The highest BCUT2D eigenvalue weighted by Crippen LogP contribution is 2.48. The average molecular weight is 372 g/mol. The summed E-state index contributed by atoms with van der Waals surface area (Å²) >= 11 is 1.01. The van der Waals surface area contributed by atoms with Crippen molar-refractivity contribution in [2.45, 2.75) is 26.2 Å². The van der Waals surface area contributed by atoms with E-state index in [2.05, 4.69) is 5.32 Å². The smallest absolute Gasteiger partial charge is 0.341 e. The summed E-state index contributed by atoms with van der Waals surface area (Å²) in [5, 5.41) is 3.12. The summed E-state index contributed by atoms with van der Waals surface area (Å²) in [6.07, 6.45) is 0.762. The Hall–Kier alpha value is -2.67. The number of thiophene rings is 1. The predicted octanol–water partition coefficient (Wildman–Crippen LogP) is 3.07. The lowest BCUT2D eigenvalue weighted by molar-refractivity contribution is -0.117. The first-order valence-electron chi connectivity index (χ1n) is 8.40. The van der Waals surface area contributed by atoms with E-state index in [-0.39, 0.29) is 34.8 Å². The molecule has 0 aliphatic heterocycles. The van der Waals surface area contributed by atoms with Crippen LogP contribution in [0, 0.1) is 12.8 Å². The lowest BCUT2D eigenvalue weighted by Gasteiger charge is -2.07. The van der Waals surface area contributed by atoms with Gasteiger partial charge in [0.25, 0.3) is 5.91 Å². The molecule has 0 bridgehead atoms. The molecular formula is C19H20N2O4S. The molecule has 136 valence electrons. The number of nitrogens with one attached hydrogen (secondary N) is 1. The van der Waals surface area contributed by atoms with Crippen LogP contribution >= 0.6 is 11.3 Å². The number of hydrogen-bond acceptors (Lipinski definition) is 5. The van der Waals surface area contributed by atoms with Crippen molar-refractivity contribution in [2.24, 2.45) is 11.7 Å². The number of nitrogens with two attached hydrogens (primary N) is 1. The Morgan fingerprint density at radius 3 is 2.58 bits per heavy atom. The second-order valence-electron chi connectivity index (χ2n) is 6.19. The van der Waals surface area contributed by atoms with Gasteiger partial charge in [-0.15, -0.1) is 11.3 Å². The fraction of sp³-hybridized carbons (Fsp3) is 0.316.